The van der Waals surface area contributed by atoms with Gasteiger partial charge in [-0.1, -0.05) is 41.5 Å². The van der Waals surface area contributed by atoms with E-state index >= 15 is 0 Å². The fraction of sp³-hybridized carbons (Fsp3) is 0. The highest BCUT2D eigenvalue weighted by atomic mass is 35.5. The van der Waals surface area contributed by atoms with Crippen LogP contribution in [0.1, 0.15) is 5.56 Å². The average molecular weight is 257 g/mol. The first-order valence-corrected chi connectivity index (χ1v) is 5.08. The molecule has 2 nitrogen and oxygen atoms in total. The van der Waals surface area contributed by atoms with Gasteiger partial charge in [-0.05, 0) is 18.2 Å². The Morgan fingerprint density at radius 1 is 1.40 bits per heavy atom. The molecule has 0 aliphatic heterocycles. The van der Waals surface area contributed by atoms with Gasteiger partial charge in [0, 0.05) is 15.6 Å². The van der Waals surface area contributed by atoms with Crippen LogP contribution in [0.4, 0.5) is 0 Å². The molecule has 1 aromatic rings. The van der Waals surface area contributed by atoms with Gasteiger partial charge >= 0.3 is 0 Å². The lowest BCUT2D eigenvalue weighted by Gasteiger charge is -2.01. The van der Waals surface area contributed by atoms with E-state index in [1.54, 1.807) is 18.2 Å². The van der Waals surface area contributed by atoms with Crippen molar-refractivity contribution >= 4 is 46.5 Å². The number of benzene rings is 1. The molecule has 0 heterocycles. The lowest BCUT2D eigenvalue weighted by Crippen LogP contribution is -2.09. The first-order chi connectivity index (χ1) is 7.06. The van der Waals surface area contributed by atoms with E-state index in [1.165, 1.54) is 6.08 Å². The molecular weight excluding hydrogens is 251 g/mol. The Morgan fingerprint density at radius 3 is 2.33 bits per heavy atom. The zero-order valence-corrected chi connectivity index (χ0v) is 9.83. The summed E-state index contributed by atoms with van der Waals surface area (Å²) >= 11 is 16.5. The van der Waals surface area contributed by atoms with Gasteiger partial charge in [-0.15, -0.1) is 0 Å². The van der Waals surface area contributed by atoms with Crippen molar-refractivity contribution in [1.29, 1.82) is 5.26 Å². The molecule has 76 valence electrons. The molecular formula is C10H6Cl2N2S. The second-order valence-electron chi connectivity index (χ2n) is 2.67. The Labute approximate surface area is 103 Å². The quantitative estimate of drug-likeness (QED) is 0.503. The van der Waals surface area contributed by atoms with Crippen LogP contribution in [-0.4, -0.2) is 4.99 Å². The third-order valence-corrected chi connectivity index (χ3v) is 2.55. The minimum Gasteiger partial charge on any atom is -0.389 e. The van der Waals surface area contributed by atoms with Gasteiger partial charge < -0.3 is 5.73 Å². The molecule has 0 fully saturated rings. The summed E-state index contributed by atoms with van der Waals surface area (Å²) in [6.07, 6.45) is 1.48. The highest BCUT2D eigenvalue weighted by Gasteiger charge is 2.05. The molecule has 0 atom stereocenters. The average Bonchev–Trinajstić information content (AvgIpc) is 2.17. The standard InChI is InChI=1S/C10H6Cl2N2S/c11-8-2-1-3-9(12)7(8)4-6(5-13)10(14)15/h1-4H,(H2,14,15)/b6-4-. The molecule has 0 radical (unpaired) electrons. The summed E-state index contributed by atoms with van der Waals surface area (Å²) in [5.41, 5.74) is 6.08. The Balaban J connectivity index is 3.30. The Bertz CT molecular complexity index is 455. The molecule has 0 unspecified atom stereocenters. The zero-order chi connectivity index (χ0) is 11.4. The predicted octanol–water partition coefficient (Wildman–Crippen LogP) is 3.19. The van der Waals surface area contributed by atoms with Gasteiger partial charge in [0.25, 0.3) is 0 Å². The smallest absolute Gasteiger partial charge is 0.114 e. The summed E-state index contributed by atoms with van der Waals surface area (Å²) in [4.78, 5) is 0.0217. The minimum atomic E-state index is 0.0217. The van der Waals surface area contributed by atoms with Crippen molar-refractivity contribution in [2.75, 3.05) is 0 Å². The Kier molecular flexibility index (Phi) is 4.10. The van der Waals surface area contributed by atoms with Crippen LogP contribution in [0.2, 0.25) is 10.0 Å². The second-order valence-corrected chi connectivity index (χ2v) is 3.92. The molecule has 2 N–H and O–H groups in total. The number of hydrogen-bond donors (Lipinski definition) is 1. The fourth-order valence-electron chi connectivity index (χ4n) is 0.951. The third kappa shape index (κ3) is 2.93. The summed E-state index contributed by atoms with van der Waals surface area (Å²) in [5.74, 6) is 0. The normalized spacial score (nSPS) is 10.9. The molecule has 1 rings (SSSR count). The predicted molar refractivity (Wildman–Crippen MR) is 66.8 cm³/mol. The highest BCUT2D eigenvalue weighted by Crippen LogP contribution is 2.26. The molecule has 0 aromatic heterocycles. The van der Waals surface area contributed by atoms with Crippen molar-refractivity contribution in [3.8, 4) is 6.07 Å². The van der Waals surface area contributed by atoms with Crippen LogP contribution in [0.3, 0.4) is 0 Å². The van der Waals surface area contributed by atoms with Crippen LogP contribution in [0, 0.1) is 11.3 Å². The molecule has 0 bridgehead atoms. The maximum absolute atomic E-state index is 8.77. The molecule has 0 spiro atoms. The van der Waals surface area contributed by atoms with Crippen LogP contribution in [0.25, 0.3) is 6.08 Å². The lowest BCUT2D eigenvalue weighted by atomic mass is 10.1. The van der Waals surface area contributed by atoms with Gasteiger partial charge in [-0.2, -0.15) is 5.26 Å². The van der Waals surface area contributed by atoms with Crippen molar-refractivity contribution in [3.63, 3.8) is 0 Å². The molecule has 0 aliphatic rings. The molecule has 0 saturated carbocycles. The zero-order valence-electron chi connectivity index (χ0n) is 7.50. The minimum absolute atomic E-state index is 0.0217. The number of nitriles is 1. The SMILES string of the molecule is N#C/C(=C/c1c(Cl)cccc1Cl)C(N)=S. The van der Waals surface area contributed by atoms with E-state index in [0.29, 0.717) is 15.6 Å². The number of nitrogens with zero attached hydrogens (tertiary/aromatic N) is 1. The molecule has 15 heavy (non-hydrogen) atoms. The van der Waals surface area contributed by atoms with E-state index in [4.69, 9.17) is 46.4 Å². The number of thiocarbonyl (C=S) groups is 1. The summed E-state index contributed by atoms with van der Waals surface area (Å²) in [5, 5.41) is 9.67. The van der Waals surface area contributed by atoms with Crippen molar-refractivity contribution in [2.45, 2.75) is 0 Å². The van der Waals surface area contributed by atoms with Crippen LogP contribution < -0.4 is 5.73 Å². The van der Waals surface area contributed by atoms with Gasteiger partial charge in [-0.3, -0.25) is 0 Å². The summed E-state index contributed by atoms with van der Waals surface area (Å²) in [6.45, 7) is 0. The van der Waals surface area contributed by atoms with Crippen molar-refractivity contribution in [3.05, 3.63) is 39.4 Å². The second kappa shape index (κ2) is 5.13. The van der Waals surface area contributed by atoms with Crippen molar-refractivity contribution in [2.24, 2.45) is 5.73 Å². The Hall–Kier alpha value is -1.08. The van der Waals surface area contributed by atoms with Crippen LogP contribution >= 0.6 is 35.4 Å². The van der Waals surface area contributed by atoms with Crippen LogP contribution in [0.15, 0.2) is 23.8 Å². The number of hydrogen-bond acceptors (Lipinski definition) is 2. The lowest BCUT2D eigenvalue weighted by molar-refractivity contribution is 1.51. The Morgan fingerprint density at radius 2 is 1.93 bits per heavy atom. The molecule has 1 aromatic carbocycles. The number of halogens is 2. The van der Waals surface area contributed by atoms with Gasteiger partial charge in [0.1, 0.15) is 11.1 Å². The topological polar surface area (TPSA) is 49.8 Å². The van der Waals surface area contributed by atoms with Gasteiger partial charge in [0.15, 0.2) is 0 Å². The van der Waals surface area contributed by atoms with Gasteiger partial charge in [0.05, 0.1) is 5.57 Å². The summed E-state index contributed by atoms with van der Waals surface area (Å²) < 4.78 is 0. The molecule has 5 heteroatoms. The summed E-state index contributed by atoms with van der Waals surface area (Å²) in [6, 6.07) is 6.95. The first kappa shape index (κ1) is 12.0. The number of rotatable bonds is 2. The van der Waals surface area contributed by atoms with Crippen molar-refractivity contribution < 1.29 is 0 Å². The molecule has 0 saturated heterocycles. The van der Waals surface area contributed by atoms with Gasteiger partial charge in [-0.25, -0.2) is 0 Å². The monoisotopic (exact) mass is 256 g/mol. The van der Waals surface area contributed by atoms with E-state index < -0.39 is 0 Å². The van der Waals surface area contributed by atoms with E-state index in [2.05, 4.69) is 0 Å². The van der Waals surface area contributed by atoms with E-state index in [0.717, 1.165) is 0 Å². The van der Waals surface area contributed by atoms with Gasteiger partial charge in [0.2, 0.25) is 0 Å². The highest BCUT2D eigenvalue weighted by molar-refractivity contribution is 7.80. The van der Waals surface area contributed by atoms with E-state index in [-0.39, 0.29) is 10.6 Å². The van der Waals surface area contributed by atoms with Crippen LogP contribution in [0.5, 0.6) is 0 Å². The fourth-order valence-corrected chi connectivity index (χ4v) is 1.56. The van der Waals surface area contributed by atoms with E-state index in [9.17, 15) is 0 Å². The third-order valence-electron chi connectivity index (χ3n) is 1.67. The first-order valence-electron chi connectivity index (χ1n) is 3.92. The van der Waals surface area contributed by atoms with Crippen molar-refractivity contribution in [1.82, 2.24) is 0 Å². The number of nitrogens with two attached hydrogens (primary N) is 1. The van der Waals surface area contributed by atoms with Crippen LogP contribution in [-0.2, 0) is 0 Å². The largest absolute Gasteiger partial charge is 0.389 e. The maximum Gasteiger partial charge on any atom is 0.114 e. The maximum atomic E-state index is 8.77. The van der Waals surface area contributed by atoms with E-state index in [1.807, 2.05) is 6.07 Å². The summed E-state index contributed by atoms with van der Waals surface area (Å²) in [7, 11) is 0. The molecule has 0 amide bonds. The molecule has 0 aliphatic carbocycles.